The van der Waals surface area contributed by atoms with Crippen LogP contribution in [0.3, 0.4) is 0 Å². The molecule has 98 valence electrons. The predicted molar refractivity (Wildman–Crippen MR) is 76.6 cm³/mol. The van der Waals surface area contributed by atoms with Gasteiger partial charge in [0, 0.05) is 5.41 Å². The summed E-state index contributed by atoms with van der Waals surface area (Å²) in [7, 11) is 0. The number of hydrogen-bond acceptors (Lipinski definition) is 1. The average Bonchev–Trinajstić information content (AvgIpc) is 2.39. The van der Waals surface area contributed by atoms with Gasteiger partial charge in [0.15, 0.2) is 0 Å². The highest BCUT2D eigenvalue weighted by Crippen LogP contribution is 2.47. The predicted octanol–water partition coefficient (Wildman–Crippen LogP) is 4.29. The van der Waals surface area contributed by atoms with Crippen LogP contribution in [0.25, 0.3) is 0 Å². The molecule has 1 nitrogen and oxygen atoms in total. The van der Waals surface area contributed by atoms with E-state index < -0.39 is 5.60 Å². The fraction of sp³-hybridized carbons (Fsp3) is 0.529. The summed E-state index contributed by atoms with van der Waals surface area (Å²) in [4.78, 5) is 0. The van der Waals surface area contributed by atoms with Gasteiger partial charge in [-0.2, -0.15) is 0 Å². The van der Waals surface area contributed by atoms with E-state index in [4.69, 9.17) is 0 Å². The van der Waals surface area contributed by atoms with Gasteiger partial charge in [0.1, 0.15) is 0 Å². The lowest BCUT2D eigenvalue weighted by Gasteiger charge is -2.46. The second-order valence-electron chi connectivity index (χ2n) is 6.16. The second kappa shape index (κ2) is 4.89. The third-order valence-electron chi connectivity index (χ3n) is 4.71. The van der Waals surface area contributed by atoms with Gasteiger partial charge in [-0.25, -0.2) is 0 Å². The fourth-order valence-electron chi connectivity index (χ4n) is 3.04. The minimum Gasteiger partial charge on any atom is -0.389 e. The third kappa shape index (κ3) is 2.37. The Morgan fingerprint density at radius 2 is 2.00 bits per heavy atom. The fourth-order valence-corrected chi connectivity index (χ4v) is 3.04. The monoisotopic (exact) mass is 244 g/mol. The Bertz CT molecular complexity index is 407. The van der Waals surface area contributed by atoms with Crippen LogP contribution in [0.1, 0.15) is 51.0 Å². The van der Waals surface area contributed by atoms with Gasteiger partial charge >= 0.3 is 0 Å². The maximum Gasteiger partial charge on any atom is 0.0738 e. The Hall–Kier alpha value is -1.08. The topological polar surface area (TPSA) is 20.2 Å². The minimum absolute atomic E-state index is 0.222. The van der Waals surface area contributed by atoms with Crippen LogP contribution in [-0.2, 0) is 0 Å². The first kappa shape index (κ1) is 13.4. The number of hydrogen-bond donors (Lipinski definition) is 1. The lowest BCUT2D eigenvalue weighted by molar-refractivity contribution is -0.0762. The van der Waals surface area contributed by atoms with Crippen LogP contribution < -0.4 is 0 Å². The van der Waals surface area contributed by atoms with Gasteiger partial charge in [-0.15, -0.1) is 6.58 Å². The van der Waals surface area contributed by atoms with E-state index >= 15 is 0 Å². The molecule has 1 heteroatoms. The second-order valence-corrected chi connectivity index (χ2v) is 6.16. The number of rotatable bonds is 3. The van der Waals surface area contributed by atoms with Crippen molar-refractivity contribution in [3.8, 4) is 0 Å². The van der Waals surface area contributed by atoms with Gasteiger partial charge in [-0.1, -0.05) is 50.3 Å². The molecule has 0 aromatic heterocycles. The highest BCUT2D eigenvalue weighted by Gasteiger charge is 2.44. The lowest BCUT2D eigenvalue weighted by atomic mass is 9.63. The Labute approximate surface area is 111 Å². The van der Waals surface area contributed by atoms with E-state index in [1.807, 2.05) is 12.1 Å². The molecular formula is C17H24O. The SMILES string of the molecule is C=CC(C)(C)[C@]1(O)CCC[C@H](c2ccccc2)C1. The first-order chi connectivity index (χ1) is 8.48. The Morgan fingerprint density at radius 1 is 1.33 bits per heavy atom. The Kier molecular flexibility index (Phi) is 3.63. The molecule has 0 radical (unpaired) electrons. The van der Waals surface area contributed by atoms with Crippen LogP contribution in [-0.4, -0.2) is 10.7 Å². The van der Waals surface area contributed by atoms with Gasteiger partial charge < -0.3 is 5.11 Å². The van der Waals surface area contributed by atoms with Crippen molar-refractivity contribution in [3.63, 3.8) is 0 Å². The molecule has 1 aromatic rings. The molecule has 0 amide bonds. The van der Waals surface area contributed by atoms with E-state index in [9.17, 15) is 5.11 Å². The van der Waals surface area contributed by atoms with Crippen LogP contribution >= 0.6 is 0 Å². The van der Waals surface area contributed by atoms with Crippen molar-refractivity contribution >= 4 is 0 Å². The van der Waals surface area contributed by atoms with E-state index in [-0.39, 0.29) is 5.41 Å². The van der Waals surface area contributed by atoms with Gasteiger partial charge in [0.05, 0.1) is 5.60 Å². The molecule has 2 atom stereocenters. The molecule has 1 aliphatic rings. The number of benzene rings is 1. The molecule has 1 aromatic carbocycles. The van der Waals surface area contributed by atoms with E-state index in [1.54, 1.807) is 0 Å². The molecular weight excluding hydrogens is 220 g/mol. The van der Waals surface area contributed by atoms with Crippen LogP contribution in [0, 0.1) is 5.41 Å². The summed E-state index contributed by atoms with van der Waals surface area (Å²) in [5.41, 5.74) is 0.518. The Balaban J connectivity index is 2.21. The first-order valence-corrected chi connectivity index (χ1v) is 6.89. The summed E-state index contributed by atoms with van der Waals surface area (Å²) in [6.45, 7) is 8.07. The molecule has 0 aliphatic heterocycles. The van der Waals surface area contributed by atoms with Crippen molar-refractivity contribution in [3.05, 3.63) is 48.6 Å². The standard InChI is InChI=1S/C17H24O/c1-4-16(2,3)17(18)12-8-11-15(13-17)14-9-6-5-7-10-14/h4-7,9-10,15,18H,1,8,11-13H2,2-3H3/t15-,17-/m0/s1. The molecule has 1 aliphatic carbocycles. The molecule has 2 rings (SSSR count). The summed E-state index contributed by atoms with van der Waals surface area (Å²) in [5.74, 6) is 0.476. The van der Waals surface area contributed by atoms with Crippen molar-refractivity contribution in [2.45, 2.75) is 51.0 Å². The molecule has 0 bridgehead atoms. The molecule has 1 N–H and O–H groups in total. The maximum atomic E-state index is 11.0. The average molecular weight is 244 g/mol. The van der Waals surface area contributed by atoms with Crippen LogP contribution in [0.2, 0.25) is 0 Å². The molecule has 0 heterocycles. The highest BCUT2D eigenvalue weighted by molar-refractivity contribution is 5.22. The molecule has 1 saturated carbocycles. The van der Waals surface area contributed by atoms with Gasteiger partial charge in [0.2, 0.25) is 0 Å². The van der Waals surface area contributed by atoms with Crippen molar-refractivity contribution in [2.75, 3.05) is 0 Å². The summed E-state index contributed by atoms with van der Waals surface area (Å²) < 4.78 is 0. The smallest absolute Gasteiger partial charge is 0.0738 e. The van der Waals surface area contributed by atoms with Crippen molar-refractivity contribution in [1.82, 2.24) is 0 Å². The molecule has 0 saturated heterocycles. The first-order valence-electron chi connectivity index (χ1n) is 6.89. The summed E-state index contributed by atoms with van der Waals surface area (Å²) in [5, 5.41) is 11.0. The van der Waals surface area contributed by atoms with E-state index in [0.29, 0.717) is 5.92 Å². The van der Waals surface area contributed by atoms with E-state index in [1.165, 1.54) is 12.0 Å². The molecule has 0 spiro atoms. The Morgan fingerprint density at radius 3 is 2.61 bits per heavy atom. The lowest BCUT2D eigenvalue weighted by Crippen LogP contribution is -2.46. The van der Waals surface area contributed by atoms with Crippen LogP contribution in [0.5, 0.6) is 0 Å². The molecule has 1 fully saturated rings. The normalized spacial score (nSPS) is 28.9. The highest BCUT2D eigenvalue weighted by atomic mass is 16.3. The molecule has 18 heavy (non-hydrogen) atoms. The summed E-state index contributed by atoms with van der Waals surface area (Å²) in [6.07, 6.45) is 5.90. The number of aliphatic hydroxyl groups is 1. The van der Waals surface area contributed by atoms with Crippen molar-refractivity contribution < 1.29 is 5.11 Å². The van der Waals surface area contributed by atoms with E-state index in [0.717, 1.165) is 19.3 Å². The van der Waals surface area contributed by atoms with Crippen molar-refractivity contribution in [1.29, 1.82) is 0 Å². The largest absolute Gasteiger partial charge is 0.389 e. The third-order valence-corrected chi connectivity index (χ3v) is 4.71. The zero-order valence-electron chi connectivity index (χ0n) is 11.5. The summed E-state index contributed by atoms with van der Waals surface area (Å²) >= 11 is 0. The van der Waals surface area contributed by atoms with Gasteiger partial charge in [0.25, 0.3) is 0 Å². The maximum absolute atomic E-state index is 11.0. The van der Waals surface area contributed by atoms with Crippen LogP contribution in [0.4, 0.5) is 0 Å². The summed E-state index contributed by atoms with van der Waals surface area (Å²) in [6, 6.07) is 10.6. The molecule has 0 unspecified atom stereocenters. The van der Waals surface area contributed by atoms with Gasteiger partial charge in [-0.05, 0) is 37.2 Å². The van der Waals surface area contributed by atoms with Crippen LogP contribution in [0.15, 0.2) is 43.0 Å². The quantitative estimate of drug-likeness (QED) is 0.786. The van der Waals surface area contributed by atoms with Crippen molar-refractivity contribution in [2.24, 2.45) is 5.41 Å². The zero-order chi connectivity index (χ0) is 13.2. The van der Waals surface area contributed by atoms with E-state index in [2.05, 4.69) is 44.7 Å². The minimum atomic E-state index is -0.618. The van der Waals surface area contributed by atoms with Gasteiger partial charge in [-0.3, -0.25) is 0 Å². The zero-order valence-corrected chi connectivity index (χ0v) is 11.5.